The summed E-state index contributed by atoms with van der Waals surface area (Å²) in [6.07, 6.45) is 5.54. The molecule has 32 heavy (non-hydrogen) atoms. The van der Waals surface area contributed by atoms with E-state index in [1.165, 1.54) is 5.56 Å². The summed E-state index contributed by atoms with van der Waals surface area (Å²) in [7, 11) is 0. The van der Waals surface area contributed by atoms with Gasteiger partial charge in [-0.15, -0.1) is 24.0 Å². The van der Waals surface area contributed by atoms with Gasteiger partial charge in [0.05, 0.1) is 25.4 Å². The molecule has 0 saturated carbocycles. The lowest BCUT2D eigenvalue weighted by atomic mass is 10.1. The van der Waals surface area contributed by atoms with Crippen molar-refractivity contribution in [2.24, 2.45) is 4.99 Å². The minimum absolute atomic E-state index is 0. The molecule has 0 radical (unpaired) electrons. The van der Waals surface area contributed by atoms with Crippen LogP contribution in [-0.4, -0.2) is 42.0 Å². The van der Waals surface area contributed by atoms with Crippen LogP contribution < -0.4 is 20.1 Å². The summed E-state index contributed by atoms with van der Waals surface area (Å²) >= 11 is 0. The molecule has 0 aliphatic carbocycles. The lowest BCUT2D eigenvalue weighted by Gasteiger charge is -2.12. The lowest BCUT2D eigenvalue weighted by molar-refractivity contribution is 0.297. The van der Waals surface area contributed by atoms with E-state index in [1.54, 1.807) is 6.20 Å². The SMILES string of the molecule is CCNC(=NCc1ccc2c(c1)OCCCO2)NCCc1ccc(-n2cccn2)cc1.I. The summed E-state index contributed by atoms with van der Waals surface area (Å²) in [6.45, 7) is 5.64. The van der Waals surface area contributed by atoms with Crippen molar-refractivity contribution in [3.8, 4) is 17.2 Å². The van der Waals surface area contributed by atoms with E-state index < -0.39 is 0 Å². The minimum Gasteiger partial charge on any atom is -0.490 e. The van der Waals surface area contributed by atoms with Gasteiger partial charge in [0.25, 0.3) is 0 Å². The number of nitrogens with one attached hydrogen (secondary N) is 2. The quantitative estimate of drug-likeness (QED) is 0.266. The van der Waals surface area contributed by atoms with Crippen molar-refractivity contribution < 1.29 is 9.47 Å². The van der Waals surface area contributed by atoms with Crippen LogP contribution in [-0.2, 0) is 13.0 Å². The molecule has 3 aromatic rings. The number of rotatable bonds is 7. The van der Waals surface area contributed by atoms with E-state index in [0.717, 1.165) is 54.6 Å². The van der Waals surface area contributed by atoms with Gasteiger partial charge in [-0.3, -0.25) is 0 Å². The third kappa shape index (κ3) is 6.62. The van der Waals surface area contributed by atoms with Crippen molar-refractivity contribution in [1.82, 2.24) is 20.4 Å². The normalized spacial score (nSPS) is 13.1. The third-order valence-electron chi connectivity index (χ3n) is 4.99. The molecule has 170 valence electrons. The molecule has 4 rings (SSSR count). The van der Waals surface area contributed by atoms with Crippen molar-refractivity contribution in [3.63, 3.8) is 0 Å². The molecule has 1 aliphatic rings. The summed E-state index contributed by atoms with van der Waals surface area (Å²) in [4.78, 5) is 4.72. The Morgan fingerprint density at radius 1 is 1.03 bits per heavy atom. The Balaban J connectivity index is 0.00000289. The van der Waals surface area contributed by atoms with E-state index in [0.29, 0.717) is 19.8 Å². The Hall–Kier alpha value is -2.75. The zero-order chi connectivity index (χ0) is 21.3. The number of guanidine groups is 1. The van der Waals surface area contributed by atoms with Crippen molar-refractivity contribution in [1.29, 1.82) is 0 Å². The molecule has 2 N–H and O–H groups in total. The molecular formula is C24H30IN5O2. The van der Waals surface area contributed by atoms with E-state index in [-0.39, 0.29) is 24.0 Å². The number of aromatic nitrogens is 2. The number of nitrogens with zero attached hydrogens (tertiary/aromatic N) is 3. The number of fused-ring (bicyclic) bond motifs is 1. The number of ether oxygens (including phenoxy) is 2. The zero-order valence-corrected chi connectivity index (χ0v) is 20.6. The second-order valence-electron chi connectivity index (χ2n) is 7.32. The second kappa shape index (κ2) is 12.3. The fourth-order valence-corrected chi connectivity index (χ4v) is 3.38. The van der Waals surface area contributed by atoms with Crippen LogP contribution in [0.5, 0.6) is 11.5 Å². The Morgan fingerprint density at radius 2 is 1.81 bits per heavy atom. The van der Waals surface area contributed by atoms with Crippen LogP contribution in [0.4, 0.5) is 0 Å². The largest absolute Gasteiger partial charge is 0.490 e. The minimum atomic E-state index is 0. The van der Waals surface area contributed by atoms with E-state index >= 15 is 0 Å². The van der Waals surface area contributed by atoms with Crippen LogP contribution in [0.3, 0.4) is 0 Å². The molecule has 2 aromatic carbocycles. The molecule has 0 saturated heterocycles. The first-order chi connectivity index (χ1) is 15.3. The van der Waals surface area contributed by atoms with E-state index in [4.69, 9.17) is 14.5 Å². The van der Waals surface area contributed by atoms with Gasteiger partial charge in [0.15, 0.2) is 17.5 Å². The molecule has 0 spiro atoms. The number of halogens is 1. The van der Waals surface area contributed by atoms with Crippen LogP contribution in [0.2, 0.25) is 0 Å². The van der Waals surface area contributed by atoms with E-state index in [9.17, 15) is 0 Å². The van der Waals surface area contributed by atoms with E-state index in [1.807, 2.05) is 35.1 Å². The fourth-order valence-electron chi connectivity index (χ4n) is 3.38. The molecule has 7 nitrogen and oxygen atoms in total. The van der Waals surface area contributed by atoms with Crippen molar-refractivity contribution >= 4 is 29.9 Å². The average Bonchev–Trinajstić information content (AvgIpc) is 3.23. The molecule has 0 fully saturated rings. The van der Waals surface area contributed by atoms with Gasteiger partial charge in [-0.05, 0) is 54.8 Å². The third-order valence-corrected chi connectivity index (χ3v) is 4.99. The first-order valence-corrected chi connectivity index (χ1v) is 10.8. The summed E-state index contributed by atoms with van der Waals surface area (Å²) in [5.74, 6) is 2.43. The second-order valence-corrected chi connectivity index (χ2v) is 7.32. The highest BCUT2D eigenvalue weighted by atomic mass is 127. The van der Waals surface area contributed by atoms with Gasteiger partial charge in [-0.2, -0.15) is 5.10 Å². The highest BCUT2D eigenvalue weighted by Gasteiger charge is 2.10. The van der Waals surface area contributed by atoms with Crippen LogP contribution in [0, 0.1) is 0 Å². The van der Waals surface area contributed by atoms with Crippen molar-refractivity contribution in [2.75, 3.05) is 26.3 Å². The maximum atomic E-state index is 5.78. The molecule has 0 unspecified atom stereocenters. The summed E-state index contributed by atoms with van der Waals surface area (Å²) in [5.41, 5.74) is 3.42. The monoisotopic (exact) mass is 547 g/mol. The number of hydrogen-bond donors (Lipinski definition) is 2. The maximum Gasteiger partial charge on any atom is 0.191 e. The molecule has 2 heterocycles. The fraction of sp³-hybridized carbons (Fsp3) is 0.333. The molecule has 8 heteroatoms. The number of aliphatic imine (C=N–C) groups is 1. The predicted octanol–water partition coefficient (Wildman–Crippen LogP) is 3.95. The molecular weight excluding hydrogens is 517 g/mol. The Morgan fingerprint density at radius 3 is 2.56 bits per heavy atom. The molecule has 1 aliphatic heterocycles. The van der Waals surface area contributed by atoms with Gasteiger partial charge < -0.3 is 20.1 Å². The van der Waals surface area contributed by atoms with Gasteiger partial charge in [0.2, 0.25) is 0 Å². The highest BCUT2D eigenvalue weighted by Crippen LogP contribution is 2.30. The van der Waals surface area contributed by atoms with Gasteiger partial charge in [-0.1, -0.05) is 18.2 Å². The molecule has 0 bridgehead atoms. The van der Waals surface area contributed by atoms with Crippen LogP contribution >= 0.6 is 24.0 Å². The average molecular weight is 547 g/mol. The molecule has 0 atom stereocenters. The predicted molar refractivity (Wildman–Crippen MR) is 138 cm³/mol. The van der Waals surface area contributed by atoms with Gasteiger partial charge in [-0.25, -0.2) is 9.67 Å². The van der Waals surface area contributed by atoms with Gasteiger partial charge >= 0.3 is 0 Å². The summed E-state index contributed by atoms with van der Waals surface area (Å²) in [6, 6.07) is 16.4. The summed E-state index contributed by atoms with van der Waals surface area (Å²) < 4.78 is 13.3. The van der Waals surface area contributed by atoms with Crippen LogP contribution in [0.1, 0.15) is 24.5 Å². The Bertz CT molecular complexity index is 990. The lowest BCUT2D eigenvalue weighted by Crippen LogP contribution is -2.38. The Labute approximate surface area is 206 Å². The van der Waals surface area contributed by atoms with Gasteiger partial charge in [0.1, 0.15) is 0 Å². The molecule has 1 aromatic heterocycles. The first-order valence-electron chi connectivity index (χ1n) is 10.8. The Kier molecular flexibility index (Phi) is 9.21. The zero-order valence-electron chi connectivity index (χ0n) is 18.3. The number of hydrogen-bond acceptors (Lipinski definition) is 4. The highest BCUT2D eigenvalue weighted by molar-refractivity contribution is 14.0. The smallest absolute Gasteiger partial charge is 0.191 e. The van der Waals surface area contributed by atoms with Crippen molar-refractivity contribution in [2.45, 2.75) is 26.3 Å². The van der Waals surface area contributed by atoms with E-state index in [2.05, 4.69) is 46.9 Å². The number of benzene rings is 2. The van der Waals surface area contributed by atoms with Gasteiger partial charge in [0, 0.05) is 31.9 Å². The maximum absolute atomic E-state index is 5.78. The first kappa shape index (κ1) is 23.9. The van der Waals surface area contributed by atoms with Crippen LogP contribution in [0.15, 0.2) is 65.9 Å². The van der Waals surface area contributed by atoms with Crippen molar-refractivity contribution in [3.05, 3.63) is 72.1 Å². The standard InChI is InChI=1S/C24H29N5O2.HI/c1-2-25-24(27-18-20-7-10-22-23(17-20)31-16-4-15-30-22)26-13-11-19-5-8-21(9-6-19)29-14-3-12-28-29;/h3,5-10,12,14,17H,2,4,11,13,15-16,18H2,1H3,(H2,25,26,27);1H. The topological polar surface area (TPSA) is 72.7 Å². The summed E-state index contributed by atoms with van der Waals surface area (Å²) in [5, 5.41) is 11.0. The van der Waals surface area contributed by atoms with Crippen LogP contribution in [0.25, 0.3) is 5.69 Å². The molecule has 0 amide bonds.